The molecule has 0 radical (unpaired) electrons. The molecule has 0 aromatic carbocycles. The molecule has 1 aliphatic heterocycles. The number of halogens is 5. The summed E-state index contributed by atoms with van der Waals surface area (Å²) in [7, 11) is 0. The number of hydrogen-bond donors (Lipinski definition) is 2. The second-order valence-corrected chi connectivity index (χ2v) is 9.06. The summed E-state index contributed by atoms with van der Waals surface area (Å²) in [4.78, 5) is 34.4. The predicted octanol–water partition coefficient (Wildman–Crippen LogP) is 4.11. The molecular weight excluding hydrogens is 511 g/mol. The van der Waals surface area contributed by atoms with Crippen LogP contribution >= 0.6 is 0 Å². The van der Waals surface area contributed by atoms with Gasteiger partial charge in [0.15, 0.2) is 11.5 Å². The van der Waals surface area contributed by atoms with Gasteiger partial charge in [-0.25, -0.2) is 19.9 Å². The Bertz CT molecular complexity index is 1550. The SMILES string of the molecule is CCc1ccc(C2(C)C(=O)Nc3nc(-c4cn5ccnc5c(CCC(F)(F)C(F)(F)F)n4)nc(N)c32)cn1. The molecule has 38 heavy (non-hydrogen) atoms. The van der Waals surface area contributed by atoms with E-state index in [1.54, 1.807) is 19.2 Å². The molecule has 3 N–H and O–H groups in total. The number of rotatable bonds is 6. The van der Waals surface area contributed by atoms with Crippen molar-refractivity contribution in [1.29, 1.82) is 0 Å². The Balaban J connectivity index is 1.55. The minimum absolute atomic E-state index is 0.0249. The van der Waals surface area contributed by atoms with E-state index < -0.39 is 36.3 Å². The van der Waals surface area contributed by atoms with Gasteiger partial charge < -0.3 is 15.5 Å². The van der Waals surface area contributed by atoms with Crippen molar-refractivity contribution in [3.63, 3.8) is 0 Å². The molecule has 0 aliphatic carbocycles. The Labute approximate surface area is 212 Å². The molecule has 1 unspecified atom stereocenters. The number of amides is 1. The first kappa shape index (κ1) is 25.4. The zero-order valence-electron chi connectivity index (χ0n) is 20.1. The van der Waals surface area contributed by atoms with E-state index in [1.807, 2.05) is 13.0 Å². The molecule has 0 spiro atoms. The van der Waals surface area contributed by atoms with Gasteiger partial charge >= 0.3 is 12.1 Å². The highest BCUT2D eigenvalue weighted by atomic mass is 19.4. The van der Waals surface area contributed by atoms with E-state index in [0.717, 1.165) is 12.1 Å². The molecule has 1 amide bonds. The Hall–Kier alpha value is -4.23. The summed E-state index contributed by atoms with van der Waals surface area (Å²) in [6.07, 6.45) is -1.32. The van der Waals surface area contributed by atoms with Crippen LogP contribution in [0, 0.1) is 0 Å². The molecule has 0 fully saturated rings. The summed E-state index contributed by atoms with van der Waals surface area (Å²) in [5, 5.41) is 2.71. The van der Waals surface area contributed by atoms with Gasteiger partial charge in [0.1, 0.15) is 22.7 Å². The van der Waals surface area contributed by atoms with Crippen molar-refractivity contribution < 1.29 is 26.7 Å². The topological polar surface area (TPSA) is 124 Å². The van der Waals surface area contributed by atoms with E-state index in [0.29, 0.717) is 11.1 Å². The average Bonchev–Trinajstić information content (AvgIpc) is 3.44. The average molecular weight is 532 g/mol. The molecule has 9 nitrogen and oxygen atoms in total. The first-order chi connectivity index (χ1) is 17.8. The number of fused-ring (bicyclic) bond motifs is 2. The number of nitrogen functional groups attached to an aromatic ring is 1. The second kappa shape index (κ2) is 8.67. The highest BCUT2D eigenvalue weighted by Gasteiger charge is 2.56. The second-order valence-electron chi connectivity index (χ2n) is 9.06. The molecule has 0 saturated heterocycles. The zero-order valence-corrected chi connectivity index (χ0v) is 20.1. The highest BCUT2D eigenvalue weighted by molar-refractivity contribution is 6.09. The van der Waals surface area contributed by atoms with Gasteiger partial charge in [-0.3, -0.25) is 9.78 Å². The molecular formula is C24H21F5N8O. The predicted molar refractivity (Wildman–Crippen MR) is 126 cm³/mol. The van der Waals surface area contributed by atoms with E-state index in [1.165, 1.54) is 23.0 Å². The molecule has 1 aliphatic rings. The number of nitrogens with two attached hydrogens (primary N) is 1. The number of aryl methyl sites for hydroxylation is 2. The lowest BCUT2D eigenvalue weighted by molar-refractivity contribution is -0.284. The number of carbonyl (C=O) groups is 1. The summed E-state index contributed by atoms with van der Waals surface area (Å²) in [6.45, 7) is 3.63. The van der Waals surface area contributed by atoms with Crippen molar-refractivity contribution in [2.75, 3.05) is 11.1 Å². The fourth-order valence-corrected chi connectivity index (χ4v) is 4.42. The summed E-state index contributed by atoms with van der Waals surface area (Å²) in [6, 6.07) is 3.59. The Morgan fingerprint density at radius 3 is 2.53 bits per heavy atom. The Kier molecular flexibility index (Phi) is 5.80. The van der Waals surface area contributed by atoms with Gasteiger partial charge in [-0.05, 0) is 31.4 Å². The molecule has 0 bridgehead atoms. The third-order valence-corrected chi connectivity index (χ3v) is 6.65. The van der Waals surface area contributed by atoms with Crippen LogP contribution in [0.5, 0.6) is 0 Å². The number of nitrogens with zero attached hydrogens (tertiary/aromatic N) is 6. The largest absolute Gasteiger partial charge is 0.453 e. The maximum Gasteiger partial charge on any atom is 0.453 e. The van der Waals surface area contributed by atoms with E-state index in [2.05, 4.69) is 30.2 Å². The summed E-state index contributed by atoms with van der Waals surface area (Å²) >= 11 is 0. The number of alkyl halides is 5. The van der Waals surface area contributed by atoms with Gasteiger partial charge in [0.2, 0.25) is 5.91 Å². The van der Waals surface area contributed by atoms with Crippen LogP contribution in [0.4, 0.5) is 33.6 Å². The number of nitrogens with one attached hydrogen (secondary N) is 1. The maximum absolute atomic E-state index is 13.6. The van der Waals surface area contributed by atoms with Crippen LogP contribution in [0.1, 0.15) is 42.8 Å². The van der Waals surface area contributed by atoms with Gasteiger partial charge in [-0.1, -0.05) is 13.0 Å². The van der Waals surface area contributed by atoms with Crippen molar-refractivity contribution in [2.24, 2.45) is 0 Å². The fourth-order valence-electron chi connectivity index (χ4n) is 4.42. The monoisotopic (exact) mass is 532 g/mol. The highest BCUT2D eigenvalue weighted by Crippen LogP contribution is 2.45. The molecule has 1 atom stereocenters. The molecule has 198 valence electrons. The third kappa shape index (κ3) is 4.00. The fraction of sp³-hybridized carbons (Fsp3) is 0.333. The van der Waals surface area contributed by atoms with E-state index in [4.69, 9.17) is 5.73 Å². The van der Waals surface area contributed by atoms with E-state index in [9.17, 15) is 26.7 Å². The van der Waals surface area contributed by atoms with Crippen LogP contribution in [0.25, 0.3) is 17.2 Å². The molecule has 5 rings (SSSR count). The minimum Gasteiger partial charge on any atom is -0.383 e. The Morgan fingerprint density at radius 2 is 1.87 bits per heavy atom. The lowest BCUT2D eigenvalue weighted by atomic mass is 9.78. The van der Waals surface area contributed by atoms with Crippen molar-refractivity contribution in [3.05, 3.63) is 59.4 Å². The number of anilines is 2. The molecule has 4 aromatic heterocycles. The van der Waals surface area contributed by atoms with Gasteiger partial charge in [-0.2, -0.15) is 22.0 Å². The summed E-state index contributed by atoms with van der Waals surface area (Å²) in [5.74, 6) is -5.24. The quantitative estimate of drug-likeness (QED) is 0.358. The van der Waals surface area contributed by atoms with Gasteiger partial charge in [-0.15, -0.1) is 0 Å². The summed E-state index contributed by atoms with van der Waals surface area (Å²) < 4.78 is 66.7. The number of pyridine rings is 1. The van der Waals surface area contributed by atoms with Crippen molar-refractivity contribution >= 4 is 23.2 Å². The first-order valence-corrected chi connectivity index (χ1v) is 11.6. The molecule has 4 aromatic rings. The normalized spacial score (nSPS) is 17.6. The third-order valence-electron chi connectivity index (χ3n) is 6.65. The summed E-state index contributed by atoms with van der Waals surface area (Å²) in [5.41, 5.74) is 6.90. The Morgan fingerprint density at radius 1 is 1.11 bits per heavy atom. The number of hydrogen-bond acceptors (Lipinski definition) is 7. The lowest BCUT2D eigenvalue weighted by Crippen LogP contribution is -2.36. The van der Waals surface area contributed by atoms with E-state index >= 15 is 0 Å². The standard InChI is InChI=1S/C24H21F5N8O/c1-3-13-5-4-12(10-32-13)22(2)16-17(30)34-18(35-19(16)36-21(22)38)15-11-37-9-8-31-20(37)14(33-15)6-7-23(25,26)24(27,28)29/h4-5,8-11H,3,6-7H2,1-2H3,(H3,30,34,35,36,38). The van der Waals surface area contributed by atoms with Crippen molar-refractivity contribution in [2.45, 2.75) is 50.6 Å². The molecule has 0 saturated carbocycles. The van der Waals surface area contributed by atoms with Crippen LogP contribution in [0.3, 0.4) is 0 Å². The smallest absolute Gasteiger partial charge is 0.383 e. The van der Waals surface area contributed by atoms with Gasteiger partial charge in [0, 0.05) is 36.9 Å². The van der Waals surface area contributed by atoms with Crippen molar-refractivity contribution in [3.8, 4) is 11.5 Å². The van der Waals surface area contributed by atoms with Gasteiger partial charge in [0.25, 0.3) is 0 Å². The first-order valence-electron chi connectivity index (χ1n) is 11.6. The van der Waals surface area contributed by atoms with Crippen molar-refractivity contribution in [1.82, 2.24) is 29.3 Å². The van der Waals surface area contributed by atoms with Crippen LogP contribution in [0.2, 0.25) is 0 Å². The molecule has 14 heteroatoms. The number of imidazole rings is 1. The maximum atomic E-state index is 13.6. The van der Waals surface area contributed by atoms with Gasteiger partial charge in [0.05, 0.1) is 11.3 Å². The zero-order chi connectivity index (χ0) is 27.5. The molecule has 5 heterocycles. The van der Waals surface area contributed by atoms with Crippen LogP contribution in [0.15, 0.2) is 36.9 Å². The van der Waals surface area contributed by atoms with Crippen LogP contribution < -0.4 is 11.1 Å². The lowest BCUT2D eigenvalue weighted by Gasteiger charge is -2.23. The van der Waals surface area contributed by atoms with Crippen LogP contribution in [-0.4, -0.2) is 47.3 Å². The number of carbonyl (C=O) groups excluding carboxylic acids is 1. The van der Waals surface area contributed by atoms with E-state index in [-0.39, 0.29) is 34.5 Å². The van der Waals surface area contributed by atoms with Crippen LogP contribution in [-0.2, 0) is 23.1 Å². The minimum atomic E-state index is -5.69. The number of aromatic nitrogens is 6.